The lowest BCUT2D eigenvalue weighted by molar-refractivity contribution is 0.102. The summed E-state index contributed by atoms with van der Waals surface area (Å²) >= 11 is 13.5. The molecule has 4 rings (SSSR count). The number of aromatic nitrogens is 1. The minimum atomic E-state index is -3.51. The van der Waals surface area contributed by atoms with Crippen LogP contribution in [0.5, 0.6) is 5.75 Å². The molecule has 1 fully saturated rings. The molecule has 1 saturated heterocycles. The second kappa shape index (κ2) is 10.6. The van der Waals surface area contributed by atoms with Gasteiger partial charge in [0.15, 0.2) is 10.9 Å². The van der Waals surface area contributed by atoms with Gasteiger partial charge in [-0.05, 0) is 37.1 Å². The molecule has 180 valence electrons. The molecule has 1 aliphatic heterocycles. The summed E-state index contributed by atoms with van der Waals surface area (Å²) in [7, 11) is -2.06. The molecule has 0 radical (unpaired) electrons. The predicted molar refractivity (Wildman–Crippen MR) is 136 cm³/mol. The highest BCUT2D eigenvalue weighted by Crippen LogP contribution is 2.34. The number of rotatable bonds is 6. The van der Waals surface area contributed by atoms with Crippen molar-refractivity contribution < 1.29 is 17.9 Å². The van der Waals surface area contributed by atoms with Gasteiger partial charge >= 0.3 is 0 Å². The fraction of sp³-hybridized carbons (Fsp3) is 0.304. The van der Waals surface area contributed by atoms with Gasteiger partial charge < -0.3 is 4.74 Å². The number of methoxy groups -OCH3 is 1. The van der Waals surface area contributed by atoms with Crippen LogP contribution in [0, 0.1) is 0 Å². The molecule has 7 nitrogen and oxygen atoms in total. The van der Waals surface area contributed by atoms with Crippen LogP contribution >= 0.6 is 34.5 Å². The molecule has 11 heteroatoms. The minimum Gasteiger partial charge on any atom is -0.494 e. The average Bonchev–Trinajstić information content (AvgIpc) is 3.09. The van der Waals surface area contributed by atoms with Crippen molar-refractivity contribution in [3.05, 3.63) is 57.4 Å². The topological polar surface area (TPSA) is 88.6 Å². The number of carbonyl (C=O) groups excluding carboxylic acids is 1. The third-order valence-corrected chi connectivity index (χ3v) is 8.77. The van der Waals surface area contributed by atoms with Crippen LogP contribution in [-0.2, 0) is 10.0 Å². The normalized spacial score (nSPS) is 15.0. The Hall–Kier alpha value is -2.17. The van der Waals surface area contributed by atoms with Crippen molar-refractivity contribution in [3.8, 4) is 17.0 Å². The second-order valence-electron chi connectivity index (χ2n) is 7.81. The van der Waals surface area contributed by atoms with Gasteiger partial charge in [0.25, 0.3) is 5.91 Å². The zero-order chi connectivity index (χ0) is 24.3. The van der Waals surface area contributed by atoms with Crippen LogP contribution in [0.2, 0.25) is 10.0 Å². The summed E-state index contributed by atoms with van der Waals surface area (Å²) in [4.78, 5) is 17.3. The third-order valence-electron chi connectivity index (χ3n) is 5.54. The number of nitrogens with one attached hydrogen (secondary N) is 1. The monoisotopic (exact) mass is 539 g/mol. The second-order valence-corrected chi connectivity index (χ2v) is 11.4. The van der Waals surface area contributed by atoms with Crippen molar-refractivity contribution >= 4 is 55.6 Å². The molecule has 0 saturated carbocycles. The SMILES string of the molecule is COc1c(Cl)cc(C(=O)Nc2nc(-c3ccc(S(=O)(=O)N4CCCCCC4)cc3)cs2)cc1Cl. The zero-order valence-electron chi connectivity index (χ0n) is 18.4. The number of nitrogens with zero attached hydrogens (tertiary/aromatic N) is 2. The summed E-state index contributed by atoms with van der Waals surface area (Å²) < 4.78 is 32.6. The average molecular weight is 540 g/mol. The summed E-state index contributed by atoms with van der Waals surface area (Å²) in [6.07, 6.45) is 3.90. The lowest BCUT2D eigenvalue weighted by atomic mass is 10.2. The molecule has 0 bridgehead atoms. The van der Waals surface area contributed by atoms with Crippen LogP contribution in [-0.4, -0.2) is 43.8 Å². The molecular formula is C23H23Cl2N3O4S2. The van der Waals surface area contributed by atoms with Crippen LogP contribution in [0.25, 0.3) is 11.3 Å². The fourth-order valence-electron chi connectivity index (χ4n) is 3.75. The van der Waals surface area contributed by atoms with E-state index in [4.69, 9.17) is 27.9 Å². The number of benzene rings is 2. The summed E-state index contributed by atoms with van der Waals surface area (Å²) in [6.45, 7) is 1.12. The summed E-state index contributed by atoms with van der Waals surface area (Å²) in [5.41, 5.74) is 1.66. The lowest BCUT2D eigenvalue weighted by Crippen LogP contribution is -2.31. The number of hydrogen-bond donors (Lipinski definition) is 1. The van der Waals surface area contributed by atoms with Gasteiger partial charge in [0.05, 0.1) is 27.7 Å². The lowest BCUT2D eigenvalue weighted by Gasteiger charge is -2.19. The third kappa shape index (κ3) is 5.39. The Morgan fingerprint density at radius 2 is 1.68 bits per heavy atom. The van der Waals surface area contributed by atoms with Crippen molar-refractivity contribution in [3.63, 3.8) is 0 Å². The first-order valence-corrected chi connectivity index (χ1v) is 13.8. The van der Waals surface area contributed by atoms with E-state index >= 15 is 0 Å². The van der Waals surface area contributed by atoms with Crippen LogP contribution in [0.4, 0.5) is 5.13 Å². The van der Waals surface area contributed by atoms with Gasteiger partial charge in [-0.25, -0.2) is 13.4 Å². The van der Waals surface area contributed by atoms with Crippen LogP contribution in [0.3, 0.4) is 0 Å². The standard InChI is InChI=1S/C23H23Cl2N3O4S2/c1-32-21-18(24)12-16(13-19(21)25)22(29)27-23-26-20(14-33-23)15-6-8-17(9-7-15)34(30,31)28-10-4-2-3-5-11-28/h6-9,12-14H,2-5,10-11H2,1H3,(H,26,27,29). The number of thiazole rings is 1. The number of halogens is 2. The van der Waals surface area contributed by atoms with Gasteiger partial charge in [-0.1, -0.05) is 48.2 Å². The number of sulfonamides is 1. The molecule has 0 aliphatic carbocycles. The van der Waals surface area contributed by atoms with E-state index < -0.39 is 15.9 Å². The predicted octanol–water partition coefficient (Wildman–Crippen LogP) is 5.94. The molecule has 1 aliphatic rings. The van der Waals surface area contributed by atoms with Gasteiger partial charge in [0, 0.05) is 29.6 Å². The number of hydrogen-bond acceptors (Lipinski definition) is 6. The molecule has 3 aromatic rings. The van der Waals surface area contributed by atoms with Crippen LogP contribution in [0.1, 0.15) is 36.0 Å². The Morgan fingerprint density at radius 1 is 1.06 bits per heavy atom. The maximum atomic E-state index is 13.0. The highest BCUT2D eigenvalue weighted by Gasteiger charge is 2.25. The largest absolute Gasteiger partial charge is 0.494 e. The van der Waals surface area contributed by atoms with Gasteiger partial charge in [-0.15, -0.1) is 11.3 Å². The van der Waals surface area contributed by atoms with E-state index in [1.807, 2.05) is 0 Å². The van der Waals surface area contributed by atoms with Gasteiger partial charge in [0.1, 0.15) is 0 Å². The molecule has 34 heavy (non-hydrogen) atoms. The Labute approximate surface area is 212 Å². The molecule has 0 unspecified atom stereocenters. The quantitative estimate of drug-likeness (QED) is 0.418. The van der Waals surface area contributed by atoms with Crippen molar-refractivity contribution in [2.75, 3.05) is 25.5 Å². The molecule has 1 amide bonds. The summed E-state index contributed by atoms with van der Waals surface area (Å²) in [6, 6.07) is 9.62. The van der Waals surface area contributed by atoms with E-state index in [1.54, 1.807) is 34.0 Å². The molecule has 2 heterocycles. The molecular weight excluding hydrogens is 517 g/mol. The fourth-order valence-corrected chi connectivity index (χ4v) is 6.62. The number of ether oxygens (including phenoxy) is 1. The van der Waals surface area contributed by atoms with Crippen LogP contribution in [0.15, 0.2) is 46.7 Å². The van der Waals surface area contributed by atoms with E-state index in [9.17, 15) is 13.2 Å². The molecule has 1 N–H and O–H groups in total. The smallest absolute Gasteiger partial charge is 0.257 e. The van der Waals surface area contributed by atoms with Gasteiger partial charge in [-0.2, -0.15) is 4.31 Å². The first kappa shape index (κ1) is 24.9. The Morgan fingerprint density at radius 3 is 2.26 bits per heavy atom. The number of amides is 1. The van der Waals surface area contributed by atoms with E-state index in [-0.39, 0.29) is 20.5 Å². The van der Waals surface area contributed by atoms with E-state index in [0.29, 0.717) is 29.7 Å². The van der Waals surface area contributed by atoms with Crippen LogP contribution < -0.4 is 10.1 Å². The van der Waals surface area contributed by atoms with Crippen molar-refractivity contribution in [1.29, 1.82) is 0 Å². The number of anilines is 1. The number of carbonyl (C=O) groups is 1. The maximum Gasteiger partial charge on any atom is 0.257 e. The Kier molecular flexibility index (Phi) is 7.79. The molecule has 0 spiro atoms. The molecule has 1 aromatic heterocycles. The van der Waals surface area contributed by atoms with E-state index in [1.165, 1.54) is 30.6 Å². The molecule has 2 aromatic carbocycles. The van der Waals surface area contributed by atoms with Gasteiger partial charge in [-0.3, -0.25) is 10.1 Å². The summed E-state index contributed by atoms with van der Waals surface area (Å²) in [5.74, 6) is -0.107. The highest BCUT2D eigenvalue weighted by molar-refractivity contribution is 7.89. The van der Waals surface area contributed by atoms with E-state index in [2.05, 4.69) is 10.3 Å². The van der Waals surface area contributed by atoms with E-state index in [0.717, 1.165) is 31.2 Å². The first-order valence-electron chi connectivity index (χ1n) is 10.7. The Balaban J connectivity index is 1.47. The minimum absolute atomic E-state index is 0.232. The molecule has 0 atom stereocenters. The summed E-state index contributed by atoms with van der Waals surface area (Å²) in [5, 5.41) is 5.38. The first-order chi connectivity index (χ1) is 16.3. The zero-order valence-corrected chi connectivity index (χ0v) is 21.5. The Bertz CT molecular complexity index is 1260. The maximum absolute atomic E-state index is 13.0. The van der Waals surface area contributed by atoms with Crippen molar-refractivity contribution in [1.82, 2.24) is 9.29 Å². The van der Waals surface area contributed by atoms with Gasteiger partial charge in [0.2, 0.25) is 10.0 Å². The van der Waals surface area contributed by atoms with Crippen molar-refractivity contribution in [2.24, 2.45) is 0 Å². The van der Waals surface area contributed by atoms with Crippen molar-refractivity contribution in [2.45, 2.75) is 30.6 Å². The highest BCUT2D eigenvalue weighted by atomic mass is 35.5.